The lowest BCUT2D eigenvalue weighted by molar-refractivity contribution is 0.592. The highest BCUT2D eigenvalue weighted by molar-refractivity contribution is 7.93. The van der Waals surface area contributed by atoms with Crippen LogP contribution in [0, 0.1) is 6.92 Å². The molecule has 0 atom stereocenters. The van der Waals surface area contributed by atoms with Crippen LogP contribution in [0.25, 0.3) is 21.9 Å². The van der Waals surface area contributed by atoms with Crippen molar-refractivity contribution in [3.05, 3.63) is 60.3 Å². The molecule has 1 aliphatic rings. The predicted molar refractivity (Wildman–Crippen MR) is 101 cm³/mol. The van der Waals surface area contributed by atoms with Crippen molar-refractivity contribution < 1.29 is 8.42 Å². The van der Waals surface area contributed by atoms with E-state index in [9.17, 15) is 8.42 Å². The van der Waals surface area contributed by atoms with E-state index in [1.54, 1.807) is 30.5 Å². The molecule has 0 spiro atoms. The molecule has 0 fully saturated rings. The summed E-state index contributed by atoms with van der Waals surface area (Å²) >= 11 is 0. The molecule has 2 aromatic heterocycles. The zero-order valence-corrected chi connectivity index (χ0v) is 14.9. The molecule has 0 bridgehead atoms. The van der Waals surface area contributed by atoms with Crippen LogP contribution in [-0.2, 0) is 16.6 Å². The minimum absolute atomic E-state index is 0.270. The Morgan fingerprint density at radius 2 is 1.85 bits per heavy atom. The van der Waals surface area contributed by atoms with Gasteiger partial charge < -0.3 is 4.57 Å². The Morgan fingerprint density at radius 3 is 2.73 bits per heavy atom. The number of benzene rings is 2. The van der Waals surface area contributed by atoms with E-state index in [1.807, 2.05) is 35.8 Å². The summed E-state index contributed by atoms with van der Waals surface area (Å²) < 4.78 is 30.3. The van der Waals surface area contributed by atoms with Crippen molar-refractivity contribution in [3.63, 3.8) is 0 Å². The molecule has 1 aliphatic heterocycles. The highest BCUT2D eigenvalue weighted by atomic mass is 32.2. The average Bonchev–Trinajstić information content (AvgIpc) is 3.21. The van der Waals surface area contributed by atoms with Crippen LogP contribution in [-0.4, -0.2) is 29.5 Å². The van der Waals surface area contributed by atoms with Gasteiger partial charge in [-0.3, -0.25) is 4.98 Å². The van der Waals surface area contributed by atoms with Gasteiger partial charge in [0, 0.05) is 18.1 Å². The number of hydrogen-bond acceptors (Lipinski definition) is 4. The van der Waals surface area contributed by atoms with E-state index in [1.165, 1.54) is 4.31 Å². The average molecular weight is 364 g/mol. The fourth-order valence-corrected chi connectivity index (χ4v) is 5.22. The van der Waals surface area contributed by atoms with Crippen molar-refractivity contribution >= 4 is 37.9 Å². The van der Waals surface area contributed by atoms with Gasteiger partial charge in [-0.25, -0.2) is 17.7 Å². The van der Waals surface area contributed by atoms with Crippen molar-refractivity contribution in [3.8, 4) is 0 Å². The SMILES string of the molecule is Cc1ccc(S(=O)(=O)N2CCn3c2nc2ccccc23)c2cccnc12. The smallest absolute Gasteiger partial charge is 0.267 e. The van der Waals surface area contributed by atoms with E-state index < -0.39 is 10.0 Å². The standard InChI is InChI=1S/C19H16N4O2S/c1-13-8-9-17(14-5-4-10-20-18(13)14)26(24,25)23-12-11-22-16-7-3-2-6-15(16)21-19(22)23/h2-10H,11-12H2,1H3. The summed E-state index contributed by atoms with van der Waals surface area (Å²) in [5, 5.41) is 0.641. The Kier molecular flexibility index (Phi) is 3.12. The topological polar surface area (TPSA) is 68.1 Å². The number of rotatable bonds is 2. The van der Waals surface area contributed by atoms with E-state index in [4.69, 9.17) is 0 Å². The van der Waals surface area contributed by atoms with Crippen LogP contribution in [0.4, 0.5) is 5.95 Å². The van der Waals surface area contributed by atoms with Gasteiger partial charge in [0.25, 0.3) is 10.0 Å². The Labute approximate surface area is 150 Å². The number of nitrogens with zero attached hydrogens (tertiary/aromatic N) is 4. The third-order valence-corrected chi connectivity index (χ3v) is 6.72. The molecule has 0 unspecified atom stereocenters. The minimum Gasteiger partial charge on any atom is -0.307 e. The van der Waals surface area contributed by atoms with Gasteiger partial charge in [-0.2, -0.15) is 0 Å². The first-order valence-corrected chi connectivity index (χ1v) is 9.84. The summed E-state index contributed by atoms with van der Waals surface area (Å²) in [7, 11) is -3.73. The van der Waals surface area contributed by atoms with Crippen molar-refractivity contribution in [2.45, 2.75) is 18.4 Å². The first-order chi connectivity index (χ1) is 12.6. The van der Waals surface area contributed by atoms with Gasteiger partial charge in [-0.1, -0.05) is 18.2 Å². The molecular formula is C19H16N4O2S. The van der Waals surface area contributed by atoms with Crippen molar-refractivity contribution in [1.82, 2.24) is 14.5 Å². The molecule has 0 radical (unpaired) electrons. The molecule has 0 amide bonds. The molecule has 4 aromatic rings. The monoisotopic (exact) mass is 364 g/mol. The molecule has 7 heteroatoms. The second-order valence-corrected chi connectivity index (χ2v) is 8.24. The lowest BCUT2D eigenvalue weighted by Crippen LogP contribution is -2.29. The zero-order valence-electron chi connectivity index (χ0n) is 14.1. The molecule has 26 heavy (non-hydrogen) atoms. The van der Waals surface area contributed by atoms with Crippen LogP contribution in [0.15, 0.2) is 59.6 Å². The predicted octanol–water partition coefficient (Wildman–Crippen LogP) is 3.10. The summed E-state index contributed by atoms with van der Waals surface area (Å²) in [6.45, 7) is 2.91. The molecule has 3 heterocycles. The van der Waals surface area contributed by atoms with Crippen LogP contribution in [0.1, 0.15) is 5.56 Å². The van der Waals surface area contributed by atoms with Crippen molar-refractivity contribution in [2.24, 2.45) is 0 Å². The van der Waals surface area contributed by atoms with Gasteiger partial charge >= 0.3 is 0 Å². The van der Waals surface area contributed by atoms with Gasteiger partial charge in [-0.15, -0.1) is 0 Å². The van der Waals surface area contributed by atoms with Crippen LogP contribution >= 0.6 is 0 Å². The van der Waals surface area contributed by atoms with Crippen LogP contribution in [0.5, 0.6) is 0 Å². The Morgan fingerprint density at radius 1 is 1.00 bits per heavy atom. The second kappa shape index (κ2) is 5.28. The van der Waals surface area contributed by atoms with E-state index in [0.29, 0.717) is 29.9 Å². The molecule has 130 valence electrons. The highest BCUT2D eigenvalue weighted by Gasteiger charge is 2.34. The fourth-order valence-electron chi connectivity index (χ4n) is 3.62. The van der Waals surface area contributed by atoms with E-state index >= 15 is 0 Å². The number of imidazole rings is 1. The van der Waals surface area contributed by atoms with Crippen molar-refractivity contribution in [1.29, 1.82) is 0 Å². The molecule has 0 aliphatic carbocycles. The van der Waals surface area contributed by atoms with E-state index in [-0.39, 0.29) is 4.90 Å². The van der Waals surface area contributed by atoms with Crippen LogP contribution in [0.3, 0.4) is 0 Å². The van der Waals surface area contributed by atoms with Gasteiger partial charge in [0.1, 0.15) is 0 Å². The Hall–Kier alpha value is -2.93. The van der Waals surface area contributed by atoms with Gasteiger partial charge in [0.15, 0.2) is 0 Å². The zero-order chi connectivity index (χ0) is 17.9. The summed E-state index contributed by atoms with van der Waals surface area (Å²) in [4.78, 5) is 9.19. The normalized spacial score (nSPS) is 14.3. The number of aryl methyl sites for hydroxylation is 1. The fraction of sp³-hybridized carbons (Fsp3) is 0.158. The Bertz CT molecular complexity index is 1280. The number of sulfonamides is 1. The van der Waals surface area contributed by atoms with Crippen molar-refractivity contribution in [2.75, 3.05) is 10.8 Å². The van der Waals surface area contributed by atoms with E-state index in [2.05, 4.69) is 9.97 Å². The van der Waals surface area contributed by atoms with Gasteiger partial charge in [-0.05, 0) is 42.8 Å². The maximum Gasteiger partial charge on any atom is 0.267 e. The summed E-state index contributed by atoms with van der Waals surface area (Å²) in [5.74, 6) is 0.476. The maximum absolute atomic E-state index is 13.4. The minimum atomic E-state index is -3.73. The molecule has 0 saturated carbocycles. The van der Waals surface area contributed by atoms with Gasteiger partial charge in [0.05, 0.1) is 28.0 Å². The van der Waals surface area contributed by atoms with Crippen LogP contribution < -0.4 is 4.31 Å². The van der Waals surface area contributed by atoms with Gasteiger partial charge in [0.2, 0.25) is 5.95 Å². The molecule has 0 N–H and O–H groups in total. The number of para-hydroxylation sites is 2. The lowest BCUT2D eigenvalue weighted by Gasteiger charge is -2.18. The number of hydrogen-bond donors (Lipinski definition) is 0. The quantitative estimate of drug-likeness (QED) is 0.548. The second-order valence-electron chi connectivity index (χ2n) is 6.41. The number of aromatic nitrogens is 3. The largest absolute Gasteiger partial charge is 0.307 e. The highest BCUT2D eigenvalue weighted by Crippen LogP contribution is 2.34. The van der Waals surface area contributed by atoms with Crippen LogP contribution in [0.2, 0.25) is 0 Å². The summed E-state index contributed by atoms with van der Waals surface area (Å²) in [5.41, 5.74) is 3.42. The molecular weight excluding hydrogens is 348 g/mol. The number of anilines is 1. The summed E-state index contributed by atoms with van der Waals surface area (Å²) in [6, 6.07) is 14.8. The third kappa shape index (κ3) is 2.00. The maximum atomic E-state index is 13.4. The first-order valence-electron chi connectivity index (χ1n) is 8.40. The lowest BCUT2D eigenvalue weighted by atomic mass is 10.1. The molecule has 2 aromatic carbocycles. The number of fused-ring (bicyclic) bond motifs is 4. The Balaban J connectivity index is 1.72. The number of pyridine rings is 1. The molecule has 6 nitrogen and oxygen atoms in total. The molecule has 0 saturated heterocycles. The summed E-state index contributed by atoms with van der Waals surface area (Å²) in [6.07, 6.45) is 1.68. The van der Waals surface area contributed by atoms with E-state index in [0.717, 1.165) is 16.6 Å². The first kappa shape index (κ1) is 15.3. The molecule has 5 rings (SSSR count). The third-order valence-electron chi connectivity index (χ3n) is 4.88.